The SMILES string of the molecule is C[C@H](OC(=O)c1ccc(O)cc1)C(=O)Nc1ccc(C#N)cc1. The number of hydrogen-bond donors (Lipinski definition) is 2. The maximum absolute atomic E-state index is 12.0. The van der Waals surface area contributed by atoms with Gasteiger partial charge in [-0.15, -0.1) is 0 Å². The summed E-state index contributed by atoms with van der Waals surface area (Å²) in [4.78, 5) is 23.9. The molecule has 116 valence electrons. The van der Waals surface area contributed by atoms with Crippen molar-refractivity contribution in [3.63, 3.8) is 0 Å². The molecule has 0 bridgehead atoms. The van der Waals surface area contributed by atoms with Gasteiger partial charge >= 0.3 is 5.97 Å². The summed E-state index contributed by atoms with van der Waals surface area (Å²) in [5.41, 5.74) is 1.22. The smallest absolute Gasteiger partial charge is 0.338 e. The van der Waals surface area contributed by atoms with Gasteiger partial charge in [-0.1, -0.05) is 0 Å². The Labute approximate surface area is 132 Å². The van der Waals surface area contributed by atoms with Crippen LogP contribution >= 0.6 is 0 Å². The lowest BCUT2D eigenvalue weighted by molar-refractivity contribution is -0.123. The second-order valence-corrected chi connectivity index (χ2v) is 4.77. The van der Waals surface area contributed by atoms with E-state index in [2.05, 4.69) is 5.32 Å². The van der Waals surface area contributed by atoms with Gasteiger partial charge in [0.1, 0.15) is 5.75 Å². The monoisotopic (exact) mass is 310 g/mol. The van der Waals surface area contributed by atoms with Crippen molar-refractivity contribution in [3.8, 4) is 11.8 Å². The first-order valence-corrected chi connectivity index (χ1v) is 6.80. The molecule has 0 aliphatic carbocycles. The number of nitrogens with one attached hydrogen (secondary N) is 1. The van der Waals surface area contributed by atoms with Crippen LogP contribution < -0.4 is 5.32 Å². The van der Waals surface area contributed by atoms with Gasteiger partial charge in [0.15, 0.2) is 6.10 Å². The van der Waals surface area contributed by atoms with Crippen LogP contribution in [0, 0.1) is 11.3 Å². The van der Waals surface area contributed by atoms with E-state index in [-0.39, 0.29) is 11.3 Å². The Morgan fingerprint density at radius 3 is 2.30 bits per heavy atom. The molecular weight excluding hydrogens is 296 g/mol. The zero-order valence-electron chi connectivity index (χ0n) is 12.3. The average Bonchev–Trinajstić information content (AvgIpc) is 2.56. The van der Waals surface area contributed by atoms with Gasteiger partial charge in [0, 0.05) is 5.69 Å². The Kier molecular flexibility index (Phi) is 4.95. The van der Waals surface area contributed by atoms with Crippen molar-refractivity contribution < 1.29 is 19.4 Å². The van der Waals surface area contributed by atoms with E-state index >= 15 is 0 Å². The van der Waals surface area contributed by atoms with Crippen molar-refractivity contribution in [2.45, 2.75) is 13.0 Å². The molecule has 2 aromatic rings. The first-order chi connectivity index (χ1) is 11.0. The summed E-state index contributed by atoms with van der Waals surface area (Å²) in [5, 5.41) is 20.5. The molecule has 2 N–H and O–H groups in total. The number of phenolic OH excluding ortho intramolecular Hbond substituents is 1. The number of nitriles is 1. The molecule has 0 spiro atoms. The Balaban J connectivity index is 1.95. The number of rotatable bonds is 4. The molecule has 6 nitrogen and oxygen atoms in total. The van der Waals surface area contributed by atoms with Crippen molar-refractivity contribution in [2.75, 3.05) is 5.32 Å². The topological polar surface area (TPSA) is 99.4 Å². The Bertz CT molecular complexity index is 746. The average molecular weight is 310 g/mol. The number of carbonyl (C=O) groups excluding carboxylic acids is 2. The predicted molar refractivity (Wildman–Crippen MR) is 82.8 cm³/mol. The molecule has 1 amide bonds. The van der Waals surface area contributed by atoms with Gasteiger partial charge < -0.3 is 15.2 Å². The first-order valence-electron chi connectivity index (χ1n) is 6.80. The number of esters is 1. The fourth-order valence-electron chi connectivity index (χ4n) is 1.75. The summed E-state index contributed by atoms with van der Waals surface area (Å²) >= 11 is 0. The van der Waals surface area contributed by atoms with Crippen molar-refractivity contribution in [3.05, 3.63) is 59.7 Å². The quantitative estimate of drug-likeness (QED) is 0.845. The van der Waals surface area contributed by atoms with Crippen LogP contribution in [-0.4, -0.2) is 23.1 Å². The zero-order chi connectivity index (χ0) is 16.8. The van der Waals surface area contributed by atoms with Crippen LogP contribution in [0.3, 0.4) is 0 Å². The lowest BCUT2D eigenvalue weighted by atomic mass is 10.2. The van der Waals surface area contributed by atoms with Crippen molar-refractivity contribution in [1.29, 1.82) is 5.26 Å². The van der Waals surface area contributed by atoms with Crippen LogP contribution in [-0.2, 0) is 9.53 Å². The second-order valence-electron chi connectivity index (χ2n) is 4.77. The molecule has 0 fully saturated rings. The summed E-state index contributed by atoms with van der Waals surface area (Å²) in [6.45, 7) is 1.46. The summed E-state index contributed by atoms with van der Waals surface area (Å²) in [6.07, 6.45) is -0.994. The van der Waals surface area contributed by atoms with Gasteiger partial charge in [-0.3, -0.25) is 4.79 Å². The fourth-order valence-corrected chi connectivity index (χ4v) is 1.75. The van der Waals surface area contributed by atoms with Gasteiger partial charge in [-0.2, -0.15) is 5.26 Å². The molecule has 0 aromatic heterocycles. The number of nitrogens with zero attached hydrogens (tertiary/aromatic N) is 1. The molecule has 0 saturated carbocycles. The third kappa shape index (κ3) is 4.32. The van der Waals surface area contributed by atoms with Crippen molar-refractivity contribution in [2.24, 2.45) is 0 Å². The van der Waals surface area contributed by atoms with Gasteiger partial charge in [0.2, 0.25) is 0 Å². The van der Waals surface area contributed by atoms with Crippen LogP contribution in [0.4, 0.5) is 5.69 Å². The molecule has 0 radical (unpaired) electrons. The number of benzene rings is 2. The lowest BCUT2D eigenvalue weighted by Gasteiger charge is -2.13. The second kappa shape index (κ2) is 7.09. The van der Waals surface area contributed by atoms with Crippen molar-refractivity contribution >= 4 is 17.6 Å². The largest absolute Gasteiger partial charge is 0.508 e. The molecule has 0 aliphatic rings. The van der Waals surface area contributed by atoms with Crippen LogP contribution in [0.1, 0.15) is 22.8 Å². The highest BCUT2D eigenvalue weighted by molar-refractivity contribution is 5.97. The number of amides is 1. The van der Waals surface area contributed by atoms with E-state index in [1.54, 1.807) is 24.3 Å². The third-order valence-corrected chi connectivity index (χ3v) is 3.04. The Morgan fingerprint density at radius 1 is 1.13 bits per heavy atom. The van der Waals surface area contributed by atoms with Crippen LogP contribution in [0.5, 0.6) is 5.75 Å². The summed E-state index contributed by atoms with van der Waals surface area (Å²) in [7, 11) is 0. The Hall–Kier alpha value is -3.33. The van der Waals surface area contributed by atoms with Crippen LogP contribution in [0.25, 0.3) is 0 Å². The van der Waals surface area contributed by atoms with Gasteiger partial charge in [0.25, 0.3) is 5.91 Å². The molecule has 23 heavy (non-hydrogen) atoms. The maximum Gasteiger partial charge on any atom is 0.338 e. The summed E-state index contributed by atoms with van der Waals surface area (Å²) in [6, 6.07) is 13.8. The van der Waals surface area contributed by atoms with Gasteiger partial charge in [0.05, 0.1) is 17.2 Å². The number of hydrogen-bond acceptors (Lipinski definition) is 5. The minimum atomic E-state index is -0.994. The van der Waals surface area contributed by atoms with Crippen LogP contribution in [0.2, 0.25) is 0 Å². The molecule has 6 heteroatoms. The van der Waals surface area contributed by atoms with E-state index in [0.29, 0.717) is 11.3 Å². The summed E-state index contributed by atoms with van der Waals surface area (Å²) in [5.74, 6) is -1.11. The highest BCUT2D eigenvalue weighted by Crippen LogP contribution is 2.13. The molecule has 0 heterocycles. The minimum Gasteiger partial charge on any atom is -0.508 e. The number of phenols is 1. The number of anilines is 1. The van der Waals surface area contributed by atoms with Crippen LogP contribution in [0.15, 0.2) is 48.5 Å². The minimum absolute atomic E-state index is 0.0353. The Morgan fingerprint density at radius 2 is 1.74 bits per heavy atom. The zero-order valence-corrected chi connectivity index (χ0v) is 12.3. The fraction of sp³-hybridized carbons (Fsp3) is 0.118. The highest BCUT2D eigenvalue weighted by atomic mass is 16.5. The highest BCUT2D eigenvalue weighted by Gasteiger charge is 2.19. The number of aromatic hydroxyl groups is 1. The van der Waals surface area contributed by atoms with E-state index < -0.39 is 18.0 Å². The maximum atomic E-state index is 12.0. The normalized spacial score (nSPS) is 11.1. The van der Waals surface area contributed by atoms with Gasteiger partial charge in [-0.05, 0) is 55.5 Å². The molecule has 0 saturated heterocycles. The summed E-state index contributed by atoms with van der Waals surface area (Å²) < 4.78 is 5.07. The van der Waals surface area contributed by atoms with E-state index in [9.17, 15) is 14.7 Å². The predicted octanol–water partition coefficient (Wildman–Crippen LogP) is 2.45. The van der Waals surface area contributed by atoms with Crippen molar-refractivity contribution in [1.82, 2.24) is 0 Å². The van der Waals surface area contributed by atoms with Gasteiger partial charge in [-0.25, -0.2) is 4.79 Å². The molecule has 2 aromatic carbocycles. The lowest BCUT2D eigenvalue weighted by Crippen LogP contribution is -2.29. The molecular formula is C17H14N2O4. The number of carbonyl (C=O) groups is 2. The standard InChI is InChI=1S/C17H14N2O4/c1-11(23-17(22)13-4-8-15(20)9-5-13)16(21)19-14-6-2-12(10-18)3-7-14/h2-9,11,20H,1H3,(H,19,21)/t11-/m0/s1. The number of ether oxygens (including phenoxy) is 1. The first kappa shape index (κ1) is 16.0. The van der Waals surface area contributed by atoms with E-state index in [4.69, 9.17) is 10.00 Å². The molecule has 0 unspecified atom stereocenters. The van der Waals surface area contributed by atoms with E-state index in [0.717, 1.165) is 0 Å². The molecule has 1 atom stereocenters. The molecule has 2 rings (SSSR count). The molecule has 0 aliphatic heterocycles. The van der Waals surface area contributed by atoms with E-state index in [1.165, 1.54) is 31.2 Å². The third-order valence-electron chi connectivity index (χ3n) is 3.04. The van der Waals surface area contributed by atoms with E-state index in [1.807, 2.05) is 6.07 Å².